The van der Waals surface area contributed by atoms with E-state index < -0.39 is 0 Å². The van der Waals surface area contributed by atoms with Crippen molar-refractivity contribution in [1.29, 1.82) is 0 Å². The van der Waals surface area contributed by atoms with E-state index in [2.05, 4.69) is 60.3 Å². The monoisotopic (exact) mass is 305 g/mol. The summed E-state index contributed by atoms with van der Waals surface area (Å²) in [5, 5.41) is 10.5. The van der Waals surface area contributed by atoms with E-state index in [0.29, 0.717) is 6.04 Å². The van der Waals surface area contributed by atoms with Crippen molar-refractivity contribution in [1.82, 2.24) is 15.1 Å². The third-order valence-electron chi connectivity index (χ3n) is 3.82. The zero-order chi connectivity index (χ0) is 15.2. The Balaban J connectivity index is 2.23. The first-order valence-corrected chi connectivity index (χ1v) is 8.90. The Morgan fingerprint density at radius 3 is 2.81 bits per heavy atom. The van der Waals surface area contributed by atoms with Crippen LogP contribution in [0.1, 0.15) is 55.1 Å². The van der Waals surface area contributed by atoms with Crippen molar-refractivity contribution in [3.8, 4) is 0 Å². The number of rotatable bonds is 8. The second-order valence-corrected chi connectivity index (χ2v) is 6.41. The van der Waals surface area contributed by atoms with Gasteiger partial charge in [0.05, 0.1) is 5.69 Å². The van der Waals surface area contributed by atoms with Gasteiger partial charge in [0.15, 0.2) is 0 Å². The summed E-state index contributed by atoms with van der Waals surface area (Å²) in [7, 11) is 0. The molecule has 0 aromatic carbocycles. The van der Waals surface area contributed by atoms with Crippen LogP contribution in [0.3, 0.4) is 0 Å². The van der Waals surface area contributed by atoms with Crippen LogP contribution in [-0.4, -0.2) is 16.3 Å². The maximum absolute atomic E-state index is 4.58. The highest BCUT2D eigenvalue weighted by molar-refractivity contribution is 7.10. The summed E-state index contributed by atoms with van der Waals surface area (Å²) in [6, 6.07) is 4.90. The SMILES string of the molecule is CCCNC(Cc1cc(C)nn1CC)c1sccc1CC. The minimum Gasteiger partial charge on any atom is -0.309 e. The second-order valence-electron chi connectivity index (χ2n) is 5.47. The van der Waals surface area contributed by atoms with E-state index in [1.165, 1.54) is 16.1 Å². The fraction of sp³-hybridized carbons (Fsp3) is 0.588. The average molecular weight is 305 g/mol. The van der Waals surface area contributed by atoms with Gasteiger partial charge >= 0.3 is 0 Å². The van der Waals surface area contributed by atoms with E-state index in [1.54, 1.807) is 0 Å². The molecule has 0 spiro atoms. The predicted molar refractivity (Wildman–Crippen MR) is 91.1 cm³/mol. The Labute approximate surface area is 132 Å². The van der Waals surface area contributed by atoms with Crippen molar-refractivity contribution >= 4 is 11.3 Å². The summed E-state index contributed by atoms with van der Waals surface area (Å²) in [4.78, 5) is 1.49. The van der Waals surface area contributed by atoms with Crippen molar-refractivity contribution < 1.29 is 0 Å². The number of thiophene rings is 1. The van der Waals surface area contributed by atoms with Crippen LogP contribution in [0.15, 0.2) is 17.5 Å². The molecule has 0 aliphatic rings. The van der Waals surface area contributed by atoms with Crippen molar-refractivity contribution in [2.75, 3.05) is 6.54 Å². The first kappa shape index (κ1) is 16.2. The van der Waals surface area contributed by atoms with Crippen LogP contribution >= 0.6 is 11.3 Å². The molecule has 1 N–H and O–H groups in total. The summed E-state index contributed by atoms with van der Waals surface area (Å²) in [5.74, 6) is 0. The van der Waals surface area contributed by atoms with Gasteiger partial charge in [-0.05, 0) is 56.3 Å². The Morgan fingerprint density at radius 1 is 1.33 bits per heavy atom. The molecule has 2 rings (SSSR count). The molecule has 2 heterocycles. The Morgan fingerprint density at radius 2 is 2.14 bits per heavy atom. The lowest BCUT2D eigenvalue weighted by atomic mass is 10.0. The summed E-state index contributed by atoms with van der Waals surface area (Å²) < 4.78 is 2.13. The zero-order valence-electron chi connectivity index (χ0n) is 13.6. The zero-order valence-corrected chi connectivity index (χ0v) is 14.5. The molecule has 0 fully saturated rings. The van der Waals surface area contributed by atoms with Crippen LogP contribution in [-0.2, 0) is 19.4 Å². The van der Waals surface area contributed by atoms with Crippen LogP contribution in [0.25, 0.3) is 0 Å². The average Bonchev–Trinajstić information content (AvgIpc) is 3.09. The van der Waals surface area contributed by atoms with Crippen molar-refractivity contribution in [3.63, 3.8) is 0 Å². The predicted octanol–water partition coefficient (Wildman–Crippen LogP) is 4.12. The topological polar surface area (TPSA) is 29.9 Å². The maximum Gasteiger partial charge on any atom is 0.0596 e. The number of aromatic nitrogens is 2. The van der Waals surface area contributed by atoms with Gasteiger partial charge in [-0.3, -0.25) is 4.68 Å². The lowest BCUT2D eigenvalue weighted by Gasteiger charge is -2.19. The molecule has 1 atom stereocenters. The molecule has 21 heavy (non-hydrogen) atoms. The molecule has 0 aliphatic carbocycles. The molecular weight excluding hydrogens is 278 g/mol. The van der Waals surface area contributed by atoms with Gasteiger partial charge in [0.1, 0.15) is 0 Å². The highest BCUT2D eigenvalue weighted by Crippen LogP contribution is 2.28. The van der Waals surface area contributed by atoms with Crippen LogP contribution in [0.5, 0.6) is 0 Å². The smallest absolute Gasteiger partial charge is 0.0596 e. The molecule has 3 nitrogen and oxygen atoms in total. The Kier molecular flexibility index (Phi) is 6.00. The van der Waals surface area contributed by atoms with E-state index in [1.807, 2.05) is 11.3 Å². The van der Waals surface area contributed by atoms with Crippen molar-refractivity contribution in [3.05, 3.63) is 39.3 Å². The molecule has 2 aromatic heterocycles. The lowest BCUT2D eigenvalue weighted by molar-refractivity contribution is 0.506. The van der Waals surface area contributed by atoms with Gasteiger partial charge in [0.2, 0.25) is 0 Å². The first-order valence-electron chi connectivity index (χ1n) is 8.02. The van der Waals surface area contributed by atoms with Crippen LogP contribution in [0, 0.1) is 6.92 Å². The van der Waals surface area contributed by atoms with Gasteiger partial charge in [-0.25, -0.2) is 0 Å². The molecule has 0 bridgehead atoms. The molecule has 2 aromatic rings. The Hall–Kier alpha value is -1.13. The highest BCUT2D eigenvalue weighted by Gasteiger charge is 2.18. The van der Waals surface area contributed by atoms with Gasteiger partial charge in [-0.2, -0.15) is 5.10 Å². The van der Waals surface area contributed by atoms with E-state index in [0.717, 1.165) is 38.0 Å². The standard InChI is InChI=1S/C17H27N3S/c1-5-9-18-16(17-14(6-2)8-10-21-17)12-15-11-13(4)19-20(15)7-3/h8,10-11,16,18H,5-7,9,12H2,1-4H3. The summed E-state index contributed by atoms with van der Waals surface area (Å²) in [5.41, 5.74) is 3.93. The van der Waals surface area contributed by atoms with Crippen molar-refractivity contribution in [2.24, 2.45) is 0 Å². The van der Waals surface area contributed by atoms with Crippen LogP contribution in [0.4, 0.5) is 0 Å². The Bertz CT molecular complexity index is 556. The molecule has 1 unspecified atom stereocenters. The fourth-order valence-electron chi connectivity index (χ4n) is 2.77. The summed E-state index contributed by atoms with van der Waals surface area (Å²) in [6.45, 7) is 10.7. The number of nitrogens with zero attached hydrogens (tertiary/aromatic N) is 2. The third kappa shape index (κ3) is 3.95. The number of aryl methyl sites for hydroxylation is 3. The number of nitrogens with one attached hydrogen (secondary N) is 1. The van der Waals surface area contributed by atoms with Gasteiger partial charge < -0.3 is 5.32 Å². The van der Waals surface area contributed by atoms with E-state index in [4.69, 9.17) is 0 Å². The highest BCUT2D eigenvalue weighted by atomic mass is 32.1. The minimum absolute atomic E-state index is 0.404. The lowest BCUT2D eigenvalue weighted by Crippen LogP contribution is -2.25. The number of hydrogen-bond donors (Lipinski definition) is 1. The third-order valence-corrected chi connectivity index (χ3v) is 4.89. The fourth-order valence-corrected chi connectivity index (χ4v) is 3.84. The molecule has 0 aliphatic heterocycles. The normalized spacial score (nSPS) is 12.8. The van der Waals surface area contributed by atoms with E-state index >= 15 is 0 Å². The van der Waals surface area contributed by atoms with Crippen LogP contribution < -0.4 is 5.32 Å². The molecule has 0 saturated carbocycles. The van der Waals surface area contributed by atoms with E-state index in [-0.39, 0.29) is 0 Å². The molecule has 0 saturated heterocycles. The largest absolute Gasteiger partial charge is 0.309 e. The number of hydrogen-bond acceptors (Lipinski definition) is 3. The molecule has 0 radical (unpaired) electrons. The van der Waals surface area contributed by atoms with Gasteiger partial charge in [0.25, 0.3) is 0 Å². The van der Waals surface area contributed by atoms with Crippen molar-refractivity contribution in [2.45, 2.75) is 59.5 Å². The molecular formula is C17H27N3S. The summed E-state index contributed by atoms with van der Waals surface area (Å²) in [6.07, 6.45) is 3.28. The second kappa shape index (κ2) is 7.76. The maximum atomic E-state index is 4.58. The van der Waals surface area contributed by atoms with E-state index in [9.17, 15) is 0 Å². The van der Waals surface area contributed by atoms with Gasteiger partial charge in [-0.1, -0.05) is 13.8 Å². The molecule has 0 amide bonds. The molecule has 4 heteroatoms. The van der Waals surface area contributed by atoms with Gasteiger partial charge in [-0.15, -0.1) is 11.3 Å². The first-order chi connectivity index (χ1) is 10.2. The quantitative estimate of drug-likeness (QED) is 0.795. The van der Waals surface area contributed by atoms with Crippen LogP contribution in [0.2, 0.25) is 0 Å². The molecule has 116 valence electrons. The minimum atomic E-state index is 0.404. The summed E-state index contributed by atoms with van der Waals surface area (Å²) >= 11 is 1.88. The van der Waals surface area contributed by atoms with Gasteiger partial charge in [0, 0.05) is 29.6 Å².